The van der Waals surface area contributed by atoms with Crippen LogP contribution < -0.4 is 0 Å². The zero-order valence-corrected chi connectivity index (χ0v) is 12.7. The molecule has 1 amide bonds. The Bertz CT molecular complexity index is 529. The normalized spacial score (nSPS) is 18.5. The molecule has 0 spiro atoms. The van der Waals surface area contributed by atoms with E-state index in [1.54, 1.807) is 14.0 Å². The van der Waals surface area contributed by atoms with Crippen molar-refractivity contribution in [1.29, 1.82) is 0 Å². The van der Waals surface area contributed by atoms with Crippen molar-refractivity contribution in [1.82, 2.24) is 4.90 Å². The van der Waals surface area contributed by atoms with Crippen molar-refractivity contribution < 1.29 is 19.1 Å². The maximum Gasteiger partial charge on any atom is 0.310 e. The fourth-order valence-electron chi connectivity index (χ4n) is 2.58. The van der Waals surface area contributed by atoms with E-state index in [9.17, 15) is 9.59 Å². The van der Waals surface area contributed by atoms with Crippen molar-refractivity contribution in [3.63, 3.8) is 0 Å². The molecular formula is C16H21NO4. The van der Waals surface area contributed by atoms with Crippen LogP contribution in [0.4, 0.5) is 0 Å². The first kappa shape index (κ1) is 15.5. The van der Waals surface area contributed by atoms with Crippen molar-refractivity contribution in [3.05, 3.63) is 35.4 Å². The molecule has 0 aromatic heterocycles. The largest absolute Gasteiger partial charge is 0.469 e. The fraction of sp³-hybridized carbons (Fsp3) is 0.500. The summed E-state index contributed by atoms with van der Waals surface area (Å²) in [5.74, 6) is -0.805. The number of likely N-dealkylation sites (N-methyl/N-ethyl adjacent to an activating group) is 1. The van der Waals surface area contributed by atoms with E-state index in [4.69, 9.17) is 4.74 Å². The summed E-state index contributed by atoms with van der Waals surface area (Å²) in [6.45, 7) is 2.59. The summed E-state index contributed by atoms with van der Waals surface area (Å²) in [5, 5.41) is 0. The lowest BCUT2D eigenvalue weighted by molar-refractivity contribution is -0.149. The summed E-state index contributed by atoms with van der Waals surface area (Å²) in [4.78, 5) is 25.5. The number of esters is 1. The van der Waals surface area contributed by atoms with Crippen LogP contribution in [0.25, 0.3) is 0 Å². The number of hydrogen-bond donors (Lipinski definition) is 0. The molecule has 1 aliphatic rings. The Morgan fingerprint density at radius 2 is 2.14 bits per heavy atom. The van der Waals surface area contributed by atoms with Crippen molar-refractivity contribution >= 4 is 11.9 Å². The lowest BCUT2D eigenvalue weighted by Gasteiger charge is -2.29. The van der Waals surface area contributed by atoms with Gasteiger partial charge in [0.25, 0.3) is 5.91 Å². The Balaban J connectivity index is 2.08. The van der Waals surface area contributed by atoms with E-state index < -0.39 is 6.10 Å². The standard InChI is InChI=1S/C16H21NO4/c1-11(16(19)20-3)10-17(2)15(18)14-13-7-5-4-6-12(13)8-9-21-14/h4-7,11,14H,8-10H2,1-3H3. The van der Waals surface area contributed by atoms with Crippen LogP contribution in [0.3, 0.4) is 0 Å². The van der Waals surface area contributed by atoms with Crippen LogP contribution in [0, 0.1) is 5.92 Å². The predicted octanol–water partition coefficient (Wildman–Crippen LogP) is 1.57. The molecule has 1 aliphatic heterocycles. The highest BCUT2D eigenvalue weighted by molar-refractivity contribution is 5.83. The number of hydrogen-bond acceptors (Lipinski definition) is 4. The molecule has 0 N–H and O–H groups in total. The van der Waals surface area contributed by atoms with Crippen molar-refractivity contribution in [2.75, 3.05) is 27.3 Å². The molecule has 5 heteroatoms. The molecule has 21 heavy (non-hydrogen) atoms. The number of carbonyl (C=O) groups is 2. The quantitative estimate of drug-likeness (QED) is 0.790. The van der Waals surface area contributed by atoms with Gasteiger partial charge in [0.05, 0.1) is 19.6 Å². The van der Waals surface area contributed by atoms with E-state index in [1.165, 1.54) is 12.0 Å². The van der Waals surface area contributed by atoms with Gasteiger partial charge in [-0.15, -0.1) is 0 Å². The van der Waals surface area contributed by atoms with Gasteiger partial charge in [0.15, 0.2) is 6.10 Å². The van der Waals surface area contributed by atoms with Gasteiger partial charge in [0, 0.05) is 13.6 Å². The van der Waals surface area contributed by atoms with Crippen LogP contribution in [0.5, 0.6) is 0 Å². The molecule has 0 saturated heterocycles. The zero-order chi connectivity index (χ0) is 15.4. The summed E-state index contributed by atoms with van der Waals surface area (Å²) in [6.07, 6.45) is 0.243. The molecule has 1 heterocycles. The lowest BCUT2D eigenvalue weighted by Crippen LogP contribution is -2.39. The number of methoxy groups -OCH3 is 1. The first-order chi connectivity index (χ1) is 10.0. The van der Waals surface area contributed by atoms with E-state index in [1.807, 2.05) is 24.3 Å². The number of ether oxygens (including phenoxy) is 2. The number of fused-ring (bicyclic) bond motifs is 1. The number of rotatable bonds is 4. The van der Waals surface area contributed by atoms with Crippen molar-refractivity contribution in [2.45, 2.75) is 19.4 Å². The van der Waals surface area contributed by atoms with Gasteiger partial charge >= 0.3 is 5.97 Å². The van der Waals surface area contributed by atoms with Crippen molar-refractivity contribution in [2.24, 2.45) is 5.92 Å². The minimum absolute atomic E-state index is 0.127. The Labute approximate surface area is 124 Å². The number of amides is 1. The van der Waals surface area contributed by atoms with E-state index in [2.05, 4.69) is 4.74 Å². The molecule has 0 bridgehead atoms. The zero-order valence-electron chi connectivity index (χ0n) is 12.7. The minimum Gasteiger partial charge on any atom is -0.469 e. The third kappa shape index (κ3) is 3.42. The molecule has 114 valence electrons. The molecule has 0 saturated carbocycles. The van der Waals surface area contributed by atoms with Gasteiger partial charge in [-0.1, -0.05) is 31.2 Å². The second-order valence-electron chi connectivity index (χ2n) is 5.34. The lowest BCUT2D eigenvalue weighted by atomic mass is 9.96. The monoisotopic (exact) mass is 291 g/mol. The average Bonchev–Trinajstić information content (AvgIpc) is 2.52. The van der Waals surface area contributed by atoms with Crippen LogP contribution in [0.1, 0.15) is 24.2 Å². The minimum atomic E-state index is -0.579. The molecule has 5 nitrogen and oxygen atoms in total. The molecule has 0 aliphatic carbocycles. The van der Waals surface area contributed by atoms with Crippen LogP contribution in [0.15, 0.2) is 24.3 Å². The number of carbonyl (C=O) groups excluding carboxylic acids is 2. The topological polar surface area (TPSA) is 55.8 Å². The summed E-state index contributed by atoms with van der Waals surface area (Å²) in [5.41, 5.74) is 2.07. The molecule has 1 aromatic rings. The van der Waals surface area contributed by atoms with Crippen LogP contribution in [0.2, 0.25) is 0 Å². The van der Waals surface area contributed by atoms with Gasteiger partial charge in [0.1, 0.15) is 0 Å². The number of nitrogens with zero attached hydrogens (tertiary/aromatic N) is 1. The molecule has 0 radical (unpaired) electrons. The molecule has 1 aromatic carbocycles. The molecule has 2 rings (SSSR count). The van der Waals surface area contributed by atoms with Crippen LogP contribution in [-0.2, 0) is 25.5 Å². The van der Waals surface area contributed by atoms with Gasteiger partial charge in [-0.05, 0) is 17.5 Å². The Morgan fingerprint density at radius 3 is 2.86 bits per heavy atom. The third-order valence-electron chi connectivity index (χ3n) is 3.75. The second-order valence-corrected chi connectivity index (χ2v) is 5.34. The van der Waals surface area contributed by atoms with Crippen molar-refractivity contribution in [3.8, 4) is 0 Å². The third-order valence-corrected chi connectivity index (χ3v) is 3.75. The maximum absolute atomic E-state index is 12.6. The Morgan fingerprint density at radius 1 is 1.43 bits per heavy atom. The smallest absolute Gasteiger partial charge is 0.310 e. The molecular weight excluding hydrogens is 270 g/mol. The van der Waals surface area contributed by atoms with Gasteiger partial charge in [-0.2, -0.15) is 0 Å². The molecule has 2 unspecified atom stereocenters. The Kier molecular flexibility index (Phi) is 4.96. The summed E-state index contributed by atoms with van der Waals surface area (Å²) in [6, 6.07) is 7.82. The summed E-state index contributed by atoms with van der Waals surface area (Å²) >= 11 is 0. The first-order valence-electron chi connectivity index (χ1n) is 7.06. The van der Waals surface area contributed by atoms with Gasteiger partial charge in [0.2, 0.25) is 0 Å². The predicted molar refractivity (Wildman–Crippen MR) is 77.7 cm³/mol. The molecule has 0 fully saturated rings. The summed E-state index contributed by atoms with van der Waals surface area (Å²) in [7, 11) is 3.03. The number of benzene rings is 1. The SMILES string of the molecule is COC(=O)C(C)CN(C)C(=O)C1OCCc2ccccc21. The van der Waals surface area contributed by atoms with Gasteiger partial charge in [-0.25, -0.2) is 0 Å². The van der Waals surface area contributed by atoms with E-state index in [0.29, 0.717) is 13.2 Å². The van der Waals surface area contributed by atoms with Crippen LogP contribution in [-0.4, -0.2) is 44.1 Å². The van der Waals surface area contributed by atoms with Gasteiger partial charge < -0.3 is 14.4 Å². The summed E-state index contributed by atoms with van der Waals surface area (Å²) < 4.78 is 10.3. The Hall–Kier alpha value is -1.88. The fourth-order valence-corrected chi connectivity index (χ4v) is 2.58. The highest BCUT2D eigenvalue weighted by atomic mass is 16.5. The maximum atomic E-state index is 12.6. The van der Waals surface area contributed by atoms with E-state index in [0.717, 1.165) is 17.5 Å². The van der Waals surface area contributed by atoms with Crippen LogP contribution >= 0.6 is 0 Å². The highest BCUT2D eigenvalue weighted by Crippen LogP contribution is 2.28. The first-order valence-corrected chi connectivity index (χ1v) is 7.06. The van der Waals surface area contributed by atoms with E-state index in [-0.39, 0.29) is 17.8 Å². The van der Waals surface area contributed by atoms with Gasteiger partial charge in [-0.3, -0.25) is 9.59 Å². The average molecular weight is 291 g/mol. The molecule has 2 atom stereocenters. The second kappa shape index (κ2) is 6.72. The van der Waals surface area contributed by atoms with E-state index >= 15 is 0 Å². The highest BCUT2D eigenvalue weighted by Gasteiger charge is 2.30.